The Morgan fingerprint density at radius 3 is 2.80 bits per heavy atom. The van der Waals surface area contributed by atoms with E-state index in [4.69, 9.17) is 4.74 Å². The summed E-state index contributed by atoms with van der Waals surface area (Å²) in [5.74, 6) is 0. The summed E-state index contributed by atoms with van der Waals surface area (Å²) in [5, 5.41) is 12.7. The Morgan fingerprint density at radius 1 is 1.30 bits per heavy atom. The van der Waals surface area contributed by atoms with Gasteiger partial charge in [0.2, 0.25) is 0 Å². The maximum atomic E-state index is 9.37. The van der Waals surface area contributed by atoms with Crippen LogP contribution in [0.4, 0.5) is 5.69 Å². The lowest BCUT2D eigenvalue weighted by Crippen LogP contribution is -2.30. The minimum absolute atomic E-state index is 0.705. The van der Waals surface area contributed by atoms with Crippen LogP contribution in [0.5, 0.6) is 0 Å². The van der Waals surface area contributed by atoms with Crippen molar-refractivity contribution in [1.82, 2.24) is 5.32 Å². The van der Waals surface area contributed by atoms with Crippen LogP contribution >= 0.6 is 0 Å². The van der Waals surface area contributed by atoms with Crippen LogP contribution in [0.15, 0.2) is 18.2 Å². The topological polar surface area (TPSA) is 48.3 Å². The number of rotatable bonds is 6. The lowest BCUT2D eigenvalue weighted by Gasteiger charge is -2.29. The summed E-state index contributed by atoms with van der Waals surface area (Å²) >= 11 is 0. The fourth-order valence-electron chi connectivity index (χ4n) is 2.60. The molecule has 0 bridgehead atoms. The van der Waals surface area contributed by atoms with Gasteiger partial charge in [-0.05, 0) is 37.0 Å². The monoisotopic (exact) mass is 273 g/mol. The predicted molar refractivity (Wildman–Crippen MR) is 80.8 cm³/mol. The number of nitrogens with zero attached hydrogens (tertiary/aromatic N) is 2. The van der Waals surface area contributed by atoms with E-state index >= 15 is 0 Å². The number of hydrogen-bond donors (Lipinski definition) is 1. The number of anilines is 1. The van der Waals surface area contributed by atoms with Crippen molar-refractivity contribution >= 4 is 5.69 Å². The van der Waals surface area contributed by atoms with Gasteiger partial charge in [0, 0.05) is 33.3 Å². The summed E-state index contributed by atoms with van der Waals surface area (Å²) in [6, 6.07) is 8.55. The molecule has 1 fully saturated rings. The molecule has 1 aliphatic heterocycles. The van der Waals surface area contributed by atoms with Crippen LogP contribution in [0.1, 0.15) is 30.4 Å². The van der Waals surface area contributed by atoms with Crippen molar-refractivity contribution in [2.24, 2.45) is 0 Å². The van der Waals surface area contributed by atoms with E-state index in [0.717, 1.165) is 43.0 Å². The highest BCUT2D eigenvalue weighted by Crippen LogP contribution is 2.24. The van der Waals surface area contributed by atoms with E-state index in [-0.39, 0.29) is 0 Å². The highest BCUT2D eigenvalue weighted by molar-refractivity contribution is 5.60. The molecule has 2 rings (SSSR count). The first kappa shape index (κ1) is 14.8. The molecule has 1 saturated heterocycles. The quantitative estimate of drug-likeness (QED) is 0.808. The molecule has 0 radical (unpaired) electrons. The second-order valence-electron chi connectivity index (χ2n) is 5.18. The number of nitriles is 1. The summed E-state index contributed by atoms with van der Waals surface area (Å²) < 4.78 is 5.00. The highest BCUT2D eigenvalue weighted by Gasteiger charge is 2.14. The summed E-state index contributed by atoms with van der Waals surface area (Å²) in [5.41, 5.74) is 3.03. The Labute approximate surface area is 121 Å². The Hall–Kier alpha value is -1.57. The maximum Gasteiger partial charge on any atom is 0.101 e. The van der Waals surface area contributed by atoms with Crippen LogP contribution in [-0.4, -0.2) is 33.4 Å². The van der Waals surface area contributed by atoms with Crippen molar-refractivity contribution in [3.05, 3.63) is 29.3 Å². The van der Waals surface area contributed by atoms with E-state index in [1.165, 1.54) is 19.3 Å². The van der Waals surface area contributed by atoms with Crippen molar-refractivity contribution in [3.8, 4) is 6.07 Å². The van der Waals surface area contributed by atoms with Crippen LogP contribution in [0.3, 0.4) is 0 Å². The summed E-state index contributed by atoms with van der Waals surface area (Å²) in [7, 11) is 1.70. The number of piperidine rings is 1. The Balaban J connectivity index is 2.02. The minimum Gasteiger partial charge on any atom is -0.383 e. The molecular weight excluding hydrogens is 250 g/mol. The van der Waals surface area contributed by atoms with Gasteiger partial charge in [-0.1, -0.05) is 6.07 Å². The number of hydrogen-bond acceptors (Lipinski definition) is 4. The van der Waals surface area contributed by atoms with Crippen molar-refractivity contribution in [2.45, 2.75) is 25.8 Å². The number of benzene rings is 1. The first-order valence-electron chi connectivity index (χ1n) is 7.33. The van der Waals surface area contributed by atoms with Crippen LogP contribution in [-0.2, 0) is 11.3 Å². The number of nitrogens with one attached hydrogen (secondary N) is 1. The fraction of sp³-hybridized carbons (Fsp3) is 0.562. The SMILES string of the molecule is COCCNCc1ccc(N2CCCCC2)c(C#N)c1. The van der Waals surface area contributed by atoms with Gasteiger partial charge >= 0.3 is 0 Å². The molecule has 0 saturated carbocycles. The van der Waals surface area contributed by atoms with Gasteiger partial charge in [0.15, 0.2) is 0 Å². The zero-order chi connectivity index (χ0) is 14.2. The zero-order valence-corrected chi connectivity index (χ0v) is 12.2. The van der Waals surface area contributed by atoms with Crippen molar-refractivity contribution in [3.63, 3.8) is 0 Å². The van der Waals surface area contributed by atoms with Gasteiger partial charge in [-0.3, -0.25) is 0 Å². The molecule has 0 atom stereocenters. The van der Waals surface area contributed by atoms with E-state index < -0.39 is 0 Å². The van der Waals surface area contributed by atoms with Crippen molar-refractivity contribution in [2.75, 3.05) is 38.3 Å². The second-order valence-corrected chi connectivity index (χ2v) is 5.18. The largest absolute Gasteiger partial charge is 0.383 e. The molecule has 108 valence electrons. The normalized spacial score (nSPS) is 15.1. The third-order valence-electron chi connectivity index (χ3n) is 3.69. The molecular formula is C16H23N3O. The zero-order valence-electron chi connectivity index (χ0n) is 12.2. The molecule has 1 aromatic rings. The molecule has 4 heteroatoms. The van der Waals surface area contributed by atoms with Gasteiger partial charge < -0.3 is 15.0 Å². The molecule has 0 spiro atoms. The Kier molecular flexibility index (Phi) is 5.85. The Bertz CT molecular complexity index is 461. The summed E-state index contributed by atoms with van der Waals surface area (Å²) in [6.45, 7) is 4.45. The molecule has 4 nitrogen and oxygen atoms in total. The summed E-state index contributed by atoms with van der Waals surface area (Å²) in [6.07, 6.45) is 3.76. The third kappa shape index (κ3) is 3.96. The number of methoxy groups -OCH3 is 1. The predicted octanol–water partition coefficient (Wildman–Crippen LogP) is 2.28. The first-order valence-corrected chi connectivity index (χ1v) is 7.33. The maximum absolute atomic E-state index is 9.37. The van der Waals surface area contributed by atoms with Crippen LogP contribution in [0.25, 0.3) is 0 Å². The van der Waals surface area contributed by atoms with E-state index in [1.54, 1.807) is 7.11 Å². The second kappa shape index (κ2) is 7.88. The standard InChI is InChI=1S/C16H23N3O/c1-20-10-7-18-13-14-5-6-16(15(11-14)12-17)19-8-3-2-4-9-19/h5-6,11,18H,2-4,7-10,13H2,1H3. The molecule has 0 amide bonds. The van der Waals surface area contributed by atoms with Gasteiger partial charge in [-0.25, -0.2) is 0 Å². The minimum atomic E-state index is 0.705. The van der Waals surface area contributed by atoms with E-state index in [0.29, 0.717) is 6.61 Å². The van der Waals surface area contributed by atoms with Gasteiger partial charge in [0.05, 0.1) is 17.9 Å². The molecule has 0 aromatic heterocycles. The van der Waals surface area contributed by atoms with E-state index in [9.17, 15) is 5.26 Å². The van der Waals surface area contributed by atoms with Crippen LogP contribution in [0.2, 0.25) is 0 Å². The Morgan fingerprint density at radius 2 is 2.10 bits per heavy atom. The average Bonchev–Trinajstić information content (AvgIpc) is 2.52. The van der Waals surface area contributed by atoms with E-state index in [2.05, 4.69) is 28.4 Å². The van der Waals surface area contributed by atoms with Gasteiger partial charge in [0.1, 0.15) is 6.07 Å². The van der Waals surface area contributed by atoms with Gasteiger partial charge in [-0.2, -0.15) is 5.26 Å². The van der Waals surface area contributed by atoms with Crippen LogP contribution in [0, 0.1) is 11.3 Å². The fourth-order valence-corrected chi connectivity index (χ4v) is 2.60. The molecule has 0 aliphatic carbocycles. The van der Waals surface area contributed by atoms with E-state index in [1.807, 2.05) is 6.07 Å². The summed E-state index contributed by atoms with van der Waals surface area (Å²) in [4.78, 5) is 2.34. The molecule has 1 aromatic carbocycles. The first-order chi connectivity index (χ1) is 9.85. The van der Waals surface area contributed by atoms with Gasteiger partial charge in [0.25, 0.3) is 0 Å². The van der Waals surface area contributed by atoms with Crippen molar-refractivity contribution in [1.29, 1.82) is 5.26 Å². The molecule has 0 unspecified atom stereocenters. The third-order valence-corrected chi connectivity index (χ3v) is 3.69. The molecule has 1 aliphatic rings. The smallest absolute Gasteiger partial charge is 0.101 e. The van der Waals surface area contributed by atoms with Crippen molar-refractivity contribution < 1.29 is 4.74 Å². The number of ether oxygens (including phenoxy) is 1. The lowest BCUT2D eigenvalue weighted by atomic mass is 10.1. The van der Waals surface area contributed by atoms with Crippen LogP contribution < -0.4 is 10.2 Å². The van der Waals surface area contributed by atoms with Gasteiger partial charge in [-0.15, -0.1) is 0 Å². The molecule has 1 N–H and O–H groups in total. The average molecular weight is 273 g/mol. The molecule has 1 heterocycles. The molecule has 20 heavy (non-hydrogen) atoms. The lowest BCUT2D eigenvalue weighted by molar-refractivity contribution is 0.199. The highest BCUT2D eigenvalue weighted by atomic mass is 16.5.